The van der Waals surface area contributed by atoms with E-state index in [1.807, 2.05) is 0 Å². The van der Waals surface area contributed by atoms with Crippen molar-refractivity contribution in [3.63, 3.8) is 0 Å². The third-order valence-electron chi connectivity index (χ3n) is 4.29. The number of hydrogen-bond acceptors (Lipinski definition) is 7. The molecule has 3 rings (SSSR count). The minimum absolute atomic E-state index is 0.159. The van der Waals surface area contributed by atoms with Crippen molar-refractivity contribution in [1.82, 2.24) is 9.97 Å². The van der Waals surface area contributed by atoms with Crippen molar-refractivity contribution in [3.05, 3.63) is 36.0 Å². The largest absolute Gasteiger partial charge is 0.391 e. The Morgan fingerprint density at radius 2 is 2.04 bits per heavy atom. The van der Waals surface area contributed by atoms with Crippen LogP contribution in [-0.2, 0) is 4.79 Å². The smallest absolute Gasteiger partial charge is 0.254 e. The van der Waals surface area contributed by atoms with Gasteiger partial charge in [0.05, 0.1) is 17.7 Å². The molecule has 0 spiro atoms. The van der Waals surface area contributed by atoms with Crippen LogP contribution in [0.2, 0.25) is 0 Å². The molecule has 27 heavy (non-hydrogen) atoms. The lowest BCUT2D eigenvalue weighted by Crippen LogP contribution is -2.30. The Kier molecular flexibility index (Phi) is 5.51. The molecule has 1 aliphatic rings. The molecule has 2 aromatic rings. The number of rotatable bonds is 6. The van der Waals surface area contributed by atoms with Gasteiger partial charge in [-0.3, -0.25) is 9.59 Å². The van der Waals surface area contributed by atoms with Gasteiger partial charge in [-0.05, 0) is 37.5 Å². The molecule has 0 unspecified atom stereocenters. The highest BCUT2D eigenvalue weighted by molar-refractivity contribution is 5.97. The molecule has 2 amide bonds. The second-order valence-electron chi connectivity index (χ2n) is 6.46. The van der Waals surface area contributed by atoms with E-state index in [4.69, 9.17) is 5.73 Å². The van der Waals surface area contributed by atoms with Crippen molar-refractivity contribution >= 4 is 35.0 Å². The Labute approximate surface area is 156 Å². The van der Waals surface area contributed by atoms with Crippen LogP contribution < -0.4 is 21.7 Å². The van der Waals surface area contributed by atoms with Gasteiger partial charge in [0.1, 0.15) is 5.82 Å². The molecular formula is C18H22N6O3. The summed E-state index contributed by atoms with van der Waals surface area (Å²) in [4.78, 5) is 31.3. The van der Waals surface area contributed by atoms with E-state index in [2.05, 4.69) is 25.9 Å². The fourth-order valence-electron chi connectivity index (χ4n) is 3.02. The molecule has 9 heteroatoms. The molecule has 0 saturated heterocycles. The number of aliphatic hydroxyl groups is 1. The Morgan fingerprint density at radius 3 is 2.70 bits per heavy atom. The molecule has 1 saturated carbocycles. The molecule has 0 bridgehead atoms. The van der Waals surface area contributed by atoms with E-state index >= 15 is 0 Å². The maximum absolute atomic E-state index is 11.7. The Bertz CT molecular complexity index is 857. The molecule has 9 nitrogen and oxygen atoms in total. The first-order valence-corrected chi connectivity index (χ1v) is 8.68. The zero-order valence-electron chi connectivity index (χ0n) is 14.9. The Hall–Kier alpha value is -3.20. The number of aliphatic hydroxyl groups excluding tert-OH is 1. The van der Waals surface area contributed by atoms with Crippen molar-refractivity contribution in [2.45, 2.75) is 38.3 Å². The molecule has 1 fully saturated rings. The second-order valence-corrected chi connectivity index (χ2v) is 6.46. The summed E-state index contributed by atoms with van der Waals surface area (Å²) in [6, 6.07) is 6.89. The zero-order valence-corrected chi connectivity index (χ0v) is 14.9. The molecule has 1 aromatic carbocycles. The van der Waals surface area contributed by atoms with Crippen LogP contribution in [0.5, 0.6) is 0 Å². The lowest BCUT2D eigenvalue weighted by atomic mass is 10.2. The fourth-order valence-corrected chi connectivity index (χ4v) is 3.02. The Balaban J connectivity index is 1.82. The van der Waals surface area contributed by atoms with E-state index in [-0.39, 0.29) is 29.3 Å². The predicted octanol–water partition coefficient (Wildman–Crippen LogP) is 1.60. The van der Waals surface area contributed by atoms with Crippen LogP contribution >= 0.6 is 0 Å². The van der Waals surface area contributed by atoms with Crippen LogP contribution in [0.4, 0.5) is 23.1 Å². The number of amides is 2. The maximum atomic E-state index is 11.7. The second kappa shape index (κ2) is 8.00. The van der Waals surface area contributed by atoms with Gasteiger partial charge in [-0.25, -0.2) is 4.98 Å². The third-order valence-corrected chi connectivity index (χ3v) is 4.29. The molecule has 142 valence electrons. The Morgan fingerprint density at radius 1 is 1.26 bits per heavy atom. The molecule has 1 heterocycles. The summed E-state index contributed by atoms with van der Waals surface area (Å²) in [6.45, 7) is 1.43. The third kappa shape index (κ3) is 4.70. The topological polar surface area (TPSA) is 142 Å². The minimum atomic E-state index is -0.649. The van der Waals surface area contributed by atoms with Gasteiger partial charge >= 0.3 is 0 Å². The first-order chi connectivity index (χ1) is 12.9. The molecule has 1 aliphatic carbocycles. The standard InChI is InChI=1S/C18H22N6O3/c1-10(25)21-11-4-2-5-12(8-11)22-18-20-9-13(16(19)27)17(24-18)23-14-6-3-7-15(14)26/h2,4-5,8-9,14-15,26H,3,6-7H2,1H3,(H2,19,27)(H,21,25)(H2,20,22,23,24)/t14-,15-/m0/s1. The number of anilines is 4. The SMILES string of the molecule is CC(=O)Nc1cccc(Nc2ncc(C(N)=O)c(N[C@H]3CCC[C@@H]3O)n2)c1. The number of carbonyl (C=O) groups excluding carboxylic acids is 2. The first kappa shape index (κ1) is 18.6. The van der Waals surface area contributed by atoms with Gasteiger partial charge in [0.15, 0.2) is 0 Å². The lowest BCUT2D eigenvalue weighted by Gasteiger charge is -2.19. The fraction of sp³-hybridized carbons (Fsp3) is 0.333. The highest BCUT2D eigenvalue weighted by Gasteiger charge is 2.27. The van der Waals surface area contributed by atoms with Crippen LogP contribution in [0.1, 0.15) is 36.5 Å². The van der Waals surface area contributed by atoms with Crippen molar-refractivity contribution < 1.29 is 14.7 Å². The van der Waals surface area contributed by atoms with Crippen LogP contribution in [0.25, 0.3) is 0 Å². The number of nitrogens with two attached hydrogens (primary N) is 1. The summed E-state index contributed by atoms with van der Waals surface area (Å²) in [5, 5.41) is 18.9. The van der Waals surface area contributed by atoms with E-state index in [9.17, 15) is 14.7 Å². The molecule has 0 aliphatic heterocycles. The van der Waals surface area contributed by atoms with Gasteiger partial charge in [-0.15, -0.1) is 0 Å². The monoisotopic (exact) mass is 370 g/mol. The molecule has 2 atom stereocenters. The number of hydrogen-bond donors (Lipinski definition) is 5. The number of carbonyl (C=O) groups is 2. The molecule has 0 radical (unpaired) electrons. The predicted molar refractivity (Wildman–Crippen MR) is 102 cm³/mol. The van der Waals surface area contributed by atoms with Gasteiger partial charge in [-0.2, -0.15) is 4.98 Å². The summed E-state index contributed by atoms with van der Waals surface area (Å²) in [5.41, 5.74) is 6.87. The molecule has 6 N–H and O–H groups in total. The van der Waals surface area contributed by atoms with Crippen LogP contribution in [0, 0.1) is 0 Å². The van der Waals surface area contributed by atoms with E-state index < -0.39 is 12.0 Å². The van der Waals surface area contributed by atoms with Gasteiger partial charge in [-0.1, -0.05) is 6.07 Å². The average Bonchev–Trinajstić information content (AvgIpc) is 2.99. The van der Waals surface area contributed by atoms with E-state index in [1.165, 1.54) is 13.1 Å². The normalized spacial score (nSPS) is 18.7. The van der Waals surface area contributed by atoms with E-state index in [0.29, 0.717) is 17.8 Å². The average molecular weight is 370 g/mol. The van der Waals surface area contributed by atoms with E-state index in [1.54, 1.807) is 24.3 Å². The highest BCUT2D eigenvalue weighted by Crippen LogP contribution is 2.25. The maximum Gasteiger partial charge on any atom is 0.254 e. The summed E-state index contributed by atoms with van der Waals surface area (Å²) < 4.78 is 0. The van der Waals surface area contributed by atoms with Gasteiger partial charge in [0.25, 0.3) is 5.91 Å². The first-order valence-electron chi connectivity index (χ1n) is 8.68. The molecular weight excluding hydrogens is 348 g/mol. The van der Waals surface area contributed by atoms with Crippen molar-refractivity contribution in [2.24, 2.45) is 5.73 Å². The molecule has 1 aromatic heterocycles. The zero-order chi connectivity index (χ0) is 19.4. The summed E-state index contributed by atoms with van der Waals surface area (Å²) in [5.74, 6) is -0.279. The quantitative estimate of drug-likeness (QED) is 0.520. The van der Waals surface area contributed by atoms with Crippen molar-refractivity contribution in [2.75, 3.05) is 16.0 Å². The number of nitrogens with one attached hydrogen (secondary N) is 3. The highest BCUT2D eigenvalue weighted by atomic mass is 16.3. The summed E-state index contributed by atoms with van der Waals surface area (Å²) in [7, 11) is 0. The van der Waals surface area contributed by atoms with Gasteiger partial charge in [0.2, 0.25) is 11.9 Å². The van der Waals surface area contributed by atoms with Crippen molar-refractivity contribution in [1.29, 1.82) is 0 Å². The van der Waals surface area contributed by atoms with E-state index in [0.717, 1.165) is 12.8 Å². The number of aromatic nitrogens is 2. The van der Waals surface area contributed by atoms with Crippen LogP contribution in [0.3, 0.4) is 0 Å². The van der Waals surface area contributed by atoms with Crippen molar-refractivity contribution in [3.8, 4) is 0 Å². The number of nitrogens with zero attached hydrogens (tertiary/aromatic N) is 2. The number of primary amides is 1. The van der Waals surface area contributed by atoms with Gasteiger partial charge in [0, 0.05) is 24.5 Å². The van der Waals surface area contributed by atoms with Crippen LogP contribution in [-0.4, -0.2) is 39.0 Å². The summed E-state index contributed by atoms with van der Waals surface area (Å²) in [6.07, 6.45) is 3.24. The number of benzene rings is 1. The lowest BCUT2D eigenvalue weighted by molar-refractivity contribution is -0.114. The minimum Gasteiger partial charge on any atom is -0.391 e. The summed E-state index contributed by atoms with van der Waals surface area (Å²) >= 11 is 0. The van der Waals surface area contributed by atoms with Gasteiger partial charge < -0.3 is 26.8 Å². The van der Waals surface area contributed by atoms with Crippen LogP contribution in [0.15, 0.2) is 30.5 Å².